The van der Waals surface area contributed by atoms with Crippen LogP contribution in [0.2, 0.25) is 0 Å². The predicted molar refractivity (Wildman–Crippen MR) is 115 cm³/mol. The Hall–Kier alpha value is -2.82. The number of H-pyrrole nitrogens is 2. The third-order valence-corrected chi connectivity index (χ3v) is 6.13. The average Bonchev–Trinajstić information content (AvgIpc) is 3.28. The number of aromatic amines is 2. The van der Waals surface area contributed by atoms with E-state index in [1.807, 2.05) is 13.0 Å². The van der Waals surface area contributed by atoms with Crippen LogP contribution in [-0.4, -0.2) is 19.9 Å². The standard InChI is InChI=1S/C23H27N5/c1-14-25-22-18(13-21(24)28-23(22)26-14)20-12-17-11-16(9-10-19(17)27-20)8-7-15-5-3-2-4-6-15/h9-13,15,27H,2-8H2,1H3,(H3,24,25,26,28). The van der Waals surface area contributed by atoms with Crippen molar-refractivity contribution in [3.63, 3.8) is 0 Å². The van der Waals surface area contributed by atoms with Crippen molar-refractivity contribution in [2.45, 2.75) is 51.9 Å². The molecule has 4 N–H and O–H groups in total. The maximum absolute atomic E-state index is 6.03. The zero-order valence-corrected chi connectivity index (χ0v) is 16.4. The average molecular weight is 374 g/mol. The molecule has 0 bridgehead atoms. The molecule has 3 heterocycles. The number of nitrogens with one attached hydrogen (secondary N) is 2. The van der Waals surface area contributed by atoms with E-state index in [0.717, 1.165) is 39.7 Å². The monoisotopic (exact) mass is 373 g/mol. The zero-order valence-electron chi connectivity index (χ0n) is 16.4. The van der Waals surface area contributed by atoms with Gasteiger partial charge < -0.3 is 15.7 Å². The molecule has 4 aromatic rings. The Balaban J connectivity index is 1.45. The molecule has 1 saturated carbocycles. The number of nitrogens with two attached hydrogens (primary N) is 1. The zero-order chi connectivity index (χ0) is 19.1. The van der Waals surface area contributed by atoms with Gasteiger partial charge in [0, 0.05) is 22.2 Å². The van der Waals surface area contributed by atoms with E-state index in [1.54, 1.807) is 0 Å². The van der Waals surface area contributed by atoms with Crippen molar-refractivity contribution in [2.75, 3.05) is 5.73 Å². The molecule has 5 heteroatoms. The van der Waals surface area contributed by atoms with Gasteiger partial charge >= 0.3 is 0 Å². The lowest BCUT2D eigenvalue weighted by Crippen LogP contribution is -2.07. The normalized spacial score (nSPS) is 15.6. The van der Waals surface area contributed by atoms with Crippen LogP contribution in [0.3, 0.4) is 0 Å². The number of aryl methyl sites for hydroxylation is 2. The fourth-order valence-corrected chi connectivity index (χ4v) is 4.66. The molecule has 144 valence electrons. The van der Waals surface area contributed by atoms with E-state index in [-0.39, 0.29) is 0 Å². The fraction of sp³-hybridized carbons (Fsp3) is 0.391. The van der Waals surface area contributed by atoms with Crippen molar-refractivity contribution in [1.29, 1.82) is 0 Å². The van der Waals surface area contributed by atoms with E-state index in [2.05, 4.69) is 44.2 Å². The van der Waals surface area contributed by atoms with Gasteiger partial charge in [-0.25, -0.2) is 9.97 Å². The molecule has 0 spiro atoms. The summed E-state index contributed by atoms with van der Waals surface area (Å²) in [4.78, 5) is 15.7. The van der Waals surface area contributed by atoms with Gasteiger partial charge in [0.25, 0.3) is 0 Å². The minimum atomic E-state index is 0.498. The third kappa shape index (κ3) is 3.26. The molecule has 1 aliphatic carbocycles. The number of pyridine rings is 1. The van der Waals surface area contributed by atoms with Gasteiger partial charge in [0.05, 0.1) is 0 Å². The minimum Gasteiger partial charge on any atom is -0.384 e. The molecule has 0 atom stereocenters. The van der Waals surface area contributed by atoms with Crippen LogP contribution in [0.5, 0.6) is 0 Å². The van der Waals surface area contributed by atoms with Gasteiger partial charge in [0.2, 0.25) is 0 Å². The number of nitrogens with zero attached hydrogens (tertiary/aromatic N) is 2. The van der Waals surface area contributed by atoms with Gasteiger partial charge in [-0.3, -0.25) is 0 Å². The molecule has 1 aliphatic rings. The first-order chi connectivity index (χ1) is 13.7. The molecule has 0 radical (unpaired) electrons. The fourth-order valence-electron chi connectivity index (χ4n) is 4.66. The van der Waals surface area contributed by atoms with E-state index >= 15 is 0 Å². The SMILES string of the molecule is Cc1nc2c(-c3cc4cc(CCC5CCCCC5)ccc4[nH]3)cc(N)nc2[nH]1. The largest absolute Gasteiger partial charge is 0.384 e. The Labute approximate surface area is 164 Å². The van der Waals surface area contributed by atoms with Gasteiger partial charge in [-0.05, 0) is 55.5 Å². The van der Waals surface area contributed by atoms with Crippen molar-refractivity contribution in [3.05, 3.63) is 41.7 Å². The maximum Gasteiger partial charge on any atom is 0.160 e. The Kier molecular flexibility index (Phi) is 4.30. The number of aromatic nitrogens is 4. The summed E-state index contributed by atoms with van der Waals surface area (Å²) in [6.45, 7) is 1.94. The van der Waals surface area contributed by atoms with Crippen LogP contribution in [0.25, 0.3) is 33.3 Å². The number of hydrogen-bond acceptors (Lipinski definition) is 3. The van der Waals surface area contributed by atoms with Crippen LogP contribution in [0, 0.1) is 12.8 Å². The van der Waals surface area contributed by atoms with Crippen molar-refractivity contribution < 1.29 is 0 Å². The number of rotatable bonds is 4. The van der Waals surface area contributed by atoms with E-state index in [1.165, 1.54) is 55.9 Å². The first-order valence-corrected chi connectivity index (χ1v) is 10.4. The number of imidazole rings is 1. The molecule has 28 heavy (non-hydrogen) atoms. The van der Waals surface area contributed by atoms with Crippen molar-refractivity contribution in [1.82, 2.24) is 19.9 Å². The second kappa shape index (κ2) is 6.97. The molecule has 0 aliphatic heterocycles. The Bertz CT molecular complexity index is 1130. The molecule has 0 amide bonds. The van der Waals surface area contributed by atoms with Crippen molar-refractivity contribution >= 4 is 27.9 Å². The van der Waals surface area contributed by atoms with E-state index in [4.69, 9.17) is 5.73 Å². The summed E-state index contributed by atoms with van der Waals surface area (Å²) < 4.78 is 0. The number of hydrogen-bond donors (Lipinski definition) is 3. The third-order valence-electron chi connectivity index (χ3n) is 6.13. The van der Waals surface area contributed by atoms with Gasteiger partial charge in [-0.1, -0.05) is 38.2 Å². The molecule has 1 aromatic carbocycles. The molecule has 0 saturated heterocycles. The van der Waals surface area contributed by atoms with Crippen LogP contribution in [0.4, 0.5) is 5.82 Å². The lowest BCUT2D eigenvalue weighted by Gasteiger charge is -2.21. The summed E-state index contributed by atoms with van der Waals surface area (Å²) in [5.41, 5.74) is 12.2. The summed E-state index contributed by atoms with van der Waals surface area (Å²) in [5, 5.41) is 1.24. The highest BCUT2D eigenvalue weighted by atomic mass is 15.0. The van der Waals surface area contributed by atoms with Gasteiger partial charge in [-0.15, -0.1) is 0 Å². The summed E-state index contributed by atoms with van der Waals surface area (Å²) in [7, 11) is 0. The second-order valence-electron chi connectivity index (χ2n) is 8.26. The molecular weight excluding hydrogens is 346 g/mol. The first kappa shape index (κ1) is 17.3. The second-order valence-corrected chi connectivity index (χ2v) is 8.26. The number of anilines is 1. The lowest BCUT2D eigenvalue weighted by atomic mass is 9.85. The van der Waals surface area contributed by atoms with Crippen LogP contribution < -0.4 is 5.73 Å². The molecular formula is C23H27N5. The van der Waals surface area contributed by atoms with Gasteiger partial charge in [-0.2, -0.15) is 0 Å². The molecule has 3 aromatic heterocycles. The highest BCUT2D eigenvalue weighted by Crippen LogP contribution is 2.32. The molecule has 0 unspecified atom stereocenters. The summed E-state index contributed by atoms with van der Waals surface area (Å²) >= 11 is 0. The topological polar surface area (TPSA) is 83.4 Å². The minimum absolute atomic E-state index is 0.498. The highest BCUT2D eigenvalue weighted by Gasteiger charge is 2.15. The lowest BCUT2D eigenvalue weighted by molar-refractivity contribution is 0.339. The predicted octanol–water partition coefficient (Wildman–Crippen LogP) is 5.51. The van der Waals surface area contributed by atoms with E-state index < -0.39 is 0 Å². The number of benzene rings is 1. The number of fused-ring (bicyclic) bond motifs is 2. The number of nitrogen functional groups attached to an aromatic ring is 1. The van der Waals surface area contributed by atoms with Gasteiger partial charge in [0.1, 0.15) is 17.2 Å². The molecule has 1 fully saturated rings. The van der Waals surface area contributed by atoms with Crippen LogP contribution in [0.15, 0.2) is 30.3 Å². The Morgan fingerprint density at radius 2 is 1.89 bits per heavy atom. The molecule has 5 rings (SSSR count). The Morgan fingerprint density at radius 1 is 1.04 bits per heavy atom. The Morgan fingerprint density at radius 3 is 2.75 bits per heavy atom. The summed E-state index contributed by atoms with van der Waals surface area (Å²) in [5.74, 6) is 2.26. The maximum atomic E-state index is 6.03. The van der Waals surface area contributed by atoms with Crippen LogP contribution in [-0.2, 0) is 6.42 Å². The van der Waals surface area contributed by atoms with Crippen molar-refractivity contribution in [3.8, 4) is 11.3 Å². The van der Waals surface area contributed by atoms with E-state index in [9.17, 15) is 0 Å². The smallest absolute Gasteiger partial charge is 0.160 e. The summed E-state index contributed by atoms with van der Waals surface area (Å²) in [6.07, 6.45) is 9.58. The van der Waals surface area contributed by atoms with Crippen LogP contribution >= 0.6 is 0 Å². The van der Waals surface area contributed by atoms with Crippen LogP contribution in [0.1, 0.15) is 49.9 Å². The van der Waals surface area contributed by atoms with Gasteiger partial charge in [0.15, 0.2) is 5.65 Å². The highest BCUT2D eigenvalue weighted by molar-refractivity contribution is 5.95. The van der Waals surface area contributed by atoms with Crippen molar-refractivity contribution in [2.24, 2.45) is 5.92 Å². The first-order valence-electron chi connectivity index (χ1n) is 10.4. The van der Waals surface area contributed by atoms with E-state index in [0.29, 0.717) is 5.82 Å². The molecule has 5 nitrogen and oxygen atoms in total. The quantitative estimate of drug-likeness (QED) is 0.441. The summed E-state index contributed by atoms with van der Waals surface area (Å²) in [6, 6.07) is 10.9.